The molecule has 124 valence electrons. The summed E-state index contributed by atoms with van der Waals surface area (Å²) in [6.45, 7) is 3.96. The van der Waals surface area contributed by atoms with E-state index in [9.17, 15) is 18.4 Å². The Balaban J connectivity index is 2.92. The molecule has 1 N–H and O–H groups in total. The SMILES string of the molecule is Cc1nn(C(F)F)c(C)c1CC(=O)N(CCC(=O)O)C(C)C. The van der Waals surface area contributed by atoms with Crippen LogP contribution in [-0.2, 0) is 16.0 Å². The van der Waals surface area contributed by atoms with E-state index in [2.05, 4.69) is 5.10 Å². The van der Waals surface area contributed by atoms with Crippen molar-refractivity contribution in [3.05, 3.63) is 17.0 Å². The molecule has 0 aliphatic carbocycles. The predicted molar refractivity (Wildman–Crippen MR) is 75.8 cm³/mol. The van der Waals surface area contributed by atoms with Gasteiger partial charge in [-0.2, -0.15) is 13.9 Å². The average molecular weight is 317 g/mol. The molecule has 1 aromatic rings. The highest BCUT2D eigenvalue weighted by molar-refractivity contribution is 5.80. The highest BCUT2D eigenvalue weighted by Crippen LogP contribution is 2.20. The number of hydrogen-bond donors (Lipinski definition) is 1. The molecule has 0 unspecified atom stereocenters. The molecule has 8 heteroatoms. The molecular formula is C14H21F2N3O3. The number of amides is 1. The number of aryl methyl sites for hydroxylation is 1. The first kappa shape index (κ1) is 18.1. The normalized spacial score (nSPS) is 11.3. The molecule has 1 aromatic heterocycles. The molecule has 0 saturated carbocycles. The van der Waals surface area contributed by atoms with Crippen LogP contribution in [0.1, 0.15) is 43.8 Å². The minimum atomic E-state index is -2.75. The Labute approximate surface area is 127 Å². The minimum absolute atomic E-state index is 0.0673. The fourth-order valence-corrected chi connectivity index (χ4v) is 2.28. The van der Waals surface area contributed by atoms with Gasteiger partial charge in [-0.1, -0.05) is 0 Å². The third-order valence-corrected chi connectivity index (χ3v) is 3.50. The van der Waals surface area contributed by atoms with Crippen LogP contribution >= 0.6 is 0 Å². The molecule has 0 fully saturated rings. The Bertz CT molecular complexity index is 556. The molecule has 0 atom stereocenters. The summed E-state index contributed by atoms with van der Waals surface area (Å²) in [5.41, 5.74) is 1.10. The van der Waals surface area contributed by atoms with Crippen molar-refractivity contribution >= 4 is 11.9 Å². The molecule has 22 heavy (non-hydrogen) atoms. The zero-order valence-electron chi connectivity index (χ0n) is 13.1. The second-order valence-electron chi connectivity index (χ2n) is 5.37. The van der Waals surface area contributed by atoms with Crippen LogP contribution in [-0.4, -0.2) is 44.3 Å². The number of nitrogens with zero attached hydrogens (tertiary/aromatic N) is 3. The van der Waals surface area contributed by atoms with E-state index in [0.29, 0.717) is 15.9 Å². The van der Waals surface area contributed by atoms with Gasteiger partial charge >= 0.3 is 12.5 Å². The number of aromatic nitrogens is 2. The molecule has 0 spiro atoms. The number of alkyl halides is 2. The maximum absolute atomic E-state index is 12.8. The quantitative estimate of drug-likeness (QED) is 0.836. The van der Waals surface area contributed by atoms with E-state index in [1.54, 1.807) is 20.8 Å². The van der Waals surface area contributed by atoms with Crippen molar-refractivity contribution in [1.29, 1.82) is 0 Å². The van der Waals surface area contributed by atoms with E-state index in [0.717, 1.165) is 0 Å². The van der Waals surface area contributed by atoms with E-state index in [1.807, 2.05) is 0 Å². The monoisotopic (exact) mass is 317 g/mol. The number of halogens is 2. The highest BCUT2D eigenvalue weighted by Gasteiger charge is 2.23. The van der Waals surface area contributed by atoms with Crippen molar-refractivity contribution in [2.75, 3.05) is 6.54 Å². The maximum Gasteiger partial charge on any atom is 0.333 e. The molecule has 0 radical (unpaired) electrons. The fourth-order valence-electron chi connectivity index (χ4n) is 2.28. The Morgan fingerprint density at radius 2 is 1.91 bits per heavy atom. The van der Waals surface area contributed by atoms with Gasteiger partial charge in [0, 0.05) is 23.8 Å². The number of rotatable bonds is 7. The fraction of sp³-hybridized carbons (Fsp3) is 0.643. The van der Waals surface area contributed by atoms with Gasteiger partial charge in [0.05, 0.1) is 18.5 Å². The predicted octanol–water partition coefficient (Wildman–Crippen LogP) is 2.15. The molecule has 1 rings (SSSR count). The third kappa shape index (κ3) is 4.25. The first-order chi connectivity index (χ1) is 10.1. The number of carboxylic acids is 1. The number of hydrogen-bond acceptors (Lipinski definition) is 3. The van der Waals surface area contributed by atoms with Crippen LogP contribution in [0.3, 0.4) is 0 Å². The van der Waals surface area contributed by atoms with Crippen LogP contribution < -0.4 is 0 Å². The minimum Gasteiger partial charge on any atom is -0.481 e. The Morgan fingerprint density at radius 1 is 1.32 bits per heavy atom. The summed E-state index contributed by atoms with van der Waals surface area (Å²) in [6, 6.07) is -0.169. The zero-order valence-corrected chi connectivity index (χ0v) is 13.1. The Kier molecular flexibility index (Phi) is 6.01. The largest absolute Gasteiger partial charge is 0.481 e. The van der Waals surface area contributed by atoms with Gasteiger partial charge in [-0.25, -0.2) is 4.68 Å². The number of carboxylic acid groups (broad SMARTS) is 1. The molecule has 1 amide bonds. The summed E-state index contributed by atoms with van der Waals surface area (Å²) >= 11 is 0. The van der Waals surface area contributed by atoms with Crippen molar-refractivity contribution in [2.45, 2.75) is 53.1 Å². The first-order valence-electron chi connectivity index (χ1n) is 6.99. The summed E-state index contributed by atoms with van der Waals surface area (Å²) in [5.74, 6) is -1.28. The van der Waals surface area contributed by atoms with Crippen LogP contribution in [0.4, 0.5) is 8.78 Å². The summed E-state index contributed by atoms with van der Waals surface area (Å²) in [4.78, 5) is 24.5. The maximum atomic E-state index is 12.8. The Hall–Kier alpha value is -1.99. The topological polar surface area (TPSA) is 75.4 Å². The van der Waals surface area contributed by atoms with Crippen molar-refractivity contribution < 1.29 is 23.5 Å². The molecule has 0 aliphatic rings. The van der Waals surface area contributed by atoms with Crippen LogP contribution in [0, 0.1) is 13.8 Å². The van der Waals surface area contributed by atoms with Crippen LogP contribution in [0.5, 0.6) is 0 Å². The molecule has 0 bridgehead atoms. The smallest absolute Gasteiger partial charge is 0.333 e. The molecule has 6 nitrogen and oxygen atoms in total. The van der Waals surface area contributed by atoms with Crippen molar-refractivity contribution in [3.63, 3.8) is 0 Å². The van der Waals surface area contributed by atoms with Crippen molar-refractivity contribution in [2.24, 2.45) is 0 Å². The Morgan fingerprint density at radius 3 is 2.32 bits per heavy atom. The van der Waals surface area contributed by atoms with Crippen molar-refractivity contribution in [1.82, 2.24) is 14.7 Å². The van der Waals surface area contributed by atoms with Gasteiger partial charge in [0.25, 0.3) is 0 Å². The summed E-state index contributed by atoms with van der Waals surface area (Å²) in [7, 11) is 0. The summed E-state index contributed by atoms with van der Waals surface area (Å²) < 4.78 is 26.2. The van der Waals surface area contributed by atoms with E-state index < -0.39 is 12.5 Å². The van der Waals surface area contributed by atoms with Gasteiger partial charge in [0.2, 0.25) is 5.91 Å². The molecular weight excluding hydrogens is 296 g/mol. The van der Waals surface area contributed by atoms with Crippen LogP contribution in [0.2, 0.25) is 0 Å². The summed E-state index contributed by atoms with van der Waals surface area (Å²) in [6.07, 6.45) is -0.222. The number of carbonyl (C=O) groups excluding carboxylic acids is 1. The van der Waals surface area contributed by atoms with Crippen LogP contribution in [0.15, 0.2) is 0 Å². The second-order valence-corrected chi connectivity index (χ2v) is 5.37. The van der Waals surface area contributed by atoms with Gasteiger partial charge in [-0.05, 0) is 27.7 Å². The molecule has 0 aromatic carbocycles. The van der Waals surface area contributed by atoms with Gasteiger partial charge in [0.1, 0.15) is 0 Å². The molecule has 0 aliphatic heterocycles. The van der Waals surface area contributed by atoms with Gasteiger partial charge < -0.3 is 10.0 Å². The summed E-state index contributed by atoms with van der Waals surface area (Å²) in [5, 5.41) is 12.5. The van der Waals surface area contributed by atoms with E-state index in [1.165, 1.54) is 11.8 Å². The lowest BCUT2D eigenvalue weighted by Gasteiger charge is -2.26. The van der Waals surface area contributed by atoms with Gasteiger partial charge in [0.15, 0.2) is 0 Å². The van der Waals surface area contributed by atoms with E-state index in [-0.39, 0.29) is 37.0 Å². The lowest BCUT2D eigenvalue weighted by molar-refractivity contribution is -0.139. The molecule has 0 saturated heterocycles. The van der Waals surface area contributed by atoms with E-state index in [4.69, 9.17) is 5.11 Å². The van der Waals surface area contributed by atoms with E-state index >= 15 is 0 Å². The lowest BCUT2D eigenvalue weighted by atomic mass is 10.1. The highest BCUT2D eigenvalue weighted by atomic mass is 19.3. The average Bonchev–Trinajstić information content (AvgIpc) is 2.66. The lowest BCUT2D eigenvalue weighted by Crippen LogP contribution is -2.39. The molecule has 1 heterocycles. The van der Waals surface area contributed by atoms with Crippen LogP contribution in [0.25, 0.3) is 0 Å². The third-order valence-electron chi connectivity index (χ3n) is 3.50. The second kappa shape index (κ2) is 7.33. The number of carbonyl (C=O) groups is 2. The van der Waals surface area contributed by atoms with Gasteiger partial charge in [-0.15, -0.1) is 0 Å². The van der Waals surface area contributed by atoms with Crippen molar-refractivity contribution in [3.8, 4) is 0 Å². The number of aliphatic carboxylic acids is 1. The van der Waals surface area contributed by atoms with Gasteiger partial charge in [-0.3, -0.25) is 9.59 Å². The first-order valence-corrected chi connectivity index (χ1v) is 6.99. The standard InChI is InChI=1S/C14H21F2N3O3/c1-8(2)18(6-5-13(21)22)12(20)7-11-9(3)17-19(10(11)4)14(15)16/h8,14H,5-7H2,1-4H3,(H,21,22). The zero-order chi connectivity index (χ0) is 17.0.